The van der Waals surface area contributed by atoms with Crippen molar-refractivity contribution in [3.8, 4) is 0 Å². The molecular weight excluding hydrogens is 179 g/mol. The summed E-state index contributed by atoms with van der Waals surface area (Å²) in [5, 5.41) is 0. The van der Waals surface area contributed by atoms with Gasteiger partial charge >= 0.3 is 0 Å². The first-order chi connectivity index (χ1) is 6.24. The number of nitrogens with two attached hydrogens (primary N) is 1. The molecule has 0 heterocycles. The average Bonchev–Trinajstić information content (AvgIpc) is 2.17. The molecule has 0 unspecified atom stereocenters. The highest BCUT2D eigenvalue weighted by Crippen LogP contribution is 2.24. The van der Waals surface area contributed by atoms with E-state index in [1.54, 1.807) is 0 Å². The molecule has 0 atom stereocenters. The van der Waals surface area contributed by atoms with Gasteiger partial charge in [0.15, 0.2) is 0 Å². The van der Waals surface area contributed by atoms with Crippen LogP contribution in [0.2, 0.25) is 0 Å². The molecule has 0 aliphatic heterocycles. The second-order valence-corrected chi connectivity index (χ2v) is 2.68. The number of halogens is 3. The summed E-state index contributed by atoms with van der Waals surface area (Å²) in [5.74, 6) is 0. The van der Waals surface area contributed by atoms with Gasteiger partial charge < -0.3 is 5.73 Å². The van der Waals surface area contributed by atoms with Gasteiger partial charge in [-0.05, 0) is 5.56 Å². The van der Waals surface area contributed by atoms with Crippen LogP contribution in [0.1, 0.15) is 16.7 Å². The molecule has 1 aromatic rings. The largest absolute Gasteiger partial charge is 0.398 e. The molecule has 0 aliphatic carbocycles. The average molecular weight is 189 g/mol. The summed E-state index contributed by atoms with van der Waals surface area (Å²) in [7, 11) is 0. The second-order valence-electron chi connectivity index (χ2n) is 2.68. The maximum Gasteiger partial charge on any atom is 0.117 e. The number of benzene rings is 1. The first-order valence-electron chi connectivity index (χ1n) is 3.81. The van der Waals surface area contributed by atoms with Crippen LogP contribution in [-0.4, -0.2) is 0 Å². The SMILES string of the molecule is Nc1c(CF)ccc(CF)c1CF. The maximum absolute atomic E-state index is 12.4. The third-order valence-corrected chi connectivity index (χ3v) is 1.97. The van der Waals surface area contributed by atoms with E-state index >= 15 is 0 Å². The third-order valence-electron chi connectivity index (χ3n) is 1.97. The van der Waals surface area contributed by atoms with E-state index in [1.807, 2.05) is 0 Å². The van der Waals surface area contributed by atoms with Crippen LogP contribution in [0.4, 0.5) is 18.9 Å². The Kier molecular flexibility index (Phi) is 3.17. The molecule has 72 valence electrons. The molecule has 0 saturated heterocycles. The summed E-state index contributed by atoms with van der Waals surface area (Å²) in [6.07, 6.45) is 0. The van der Waals surface area contributed by atoms with Crippen LogP contribution in [0, 0.1) is 0 Å². The molecule has 1 rings (SSSR count). The van der Waals surface area contributed by atoms with Gasteiger partial charge in [-0.2, -0.15) is 0 Å². The second kappa shape index (κ2) is 4.16. The van der Waals surface area contributed by atoms with Crippen LogP contribution in [0.15, 0.2) is 12.1 Å². The predicted octanol–water partition coefficient (Wildman–Crippen LogP) is 2.68. The zero-order valence-corrected chi connectivity index (χ0v) is 6.99. The van der Waals surface area contributed by atoms with Crippen LogP contribution in [-0.2, 0) is 20.0 Å². The van der Waals surface area contributed by atoms with Crippen molar-refractivity contribution in [2.45, 2.75) is 20.0 Å². The Morgan fingerprint density at radius 1 is 0.923 bits per heavy atom. The topological polar surface area (TPSA) is 26.0 Å². The summed E-state index contributed by atoms with van der Waals surface area (Å²) < 4.78 is 36.9. The van der Waals surface area contributed by atoms with Crippen LogP contribution in [0.25, 0.3) is 0 Å². The highest BCUT2D eigenvalue weighted by Gasteiger charge is 2.09. The van der Waals surface area contributed by atoms with E-state index in [-0.39, 0.29) is 22.4 Å². The Morgan fingerprint density at radius 2 is 1.46 bits per heavy atom. The molecule has 1 aromatic carbocycles. The number of nitrogen functional groups attached to an aromatic ring is 1. The fraction of sp³-hybridized carbons (Fsp3) is 0.333. The Bertz CT molecular complexity index is 299. The lowest BCUT2D eigenvalue weighted by Gasteiger charge is -2.09. The molecule has 0 amide bonds. The maximum atomic E-state index is 12.4. The summed E-state index contributed by atoms with van der Waals surface area (Å²) in [4.78, 5) is 0. The number of hydrogen-bond acceptors (Lipinski definition) is 1. The van der Waals surface area contributed by atoms with Gasteiger partial charge in [0.05, 0.1) is 0 Å². The molecule has 0 fully saturated rings. The van der Waals surface area contributed by atoms with E-state index in [4.69, 9.17) is 5.73 Å². The van der Waals surface area contributed by atoms with Gasteiger partial charge in [-0.3, -0.25) is 0 Å². The van der Waals surface area contributed by atoms with E-state index in [0.717, 1.165) is 0 Å². The zero-order valence-electron chi connectivity index (χ0n) is 6.99. The van der Waals surface area contributed by atoms with E-state index < -0.39 is 20.0 Å². The van der Waals surface area contributed by atoms with Crippen molar-refractivity contribution in [2.75, 3.05) is 5.73 Å². The number of anilines is 1. The Hall–Kier alpha value is -1.19. The first kappa shape index (κ1) is 9.89. The molecule has 2 N–H and O–H groups in total. The fourth-order valence-electron chi connectivity index (χ4n) is 1.16. The molecular formula is C9H10F3N. The Labute approximate surface area is 74.4 Å². The summed E-state index contributed by atoms with van der Waals surface area (Å²) in [6, 6.07) is 2.74. The van der Waals surface area contributed by atoms with Crippen molar-refractivity contribution in [2.24, 2.45) is 0 Å². The van der Waals surface area contributed by atoms with Crippen LogP contribution >= 0.6 is 0 Å². The van der Waals surface area contributed by atoms with Crippen molar-refractivity contribution in [3.63, 3.8) is 0 Å². The molecule has 0 radical (unpaired) electrons. The van der Waals surface area contributed by atoms with Crippen LogP contribution in [0.3, 0.4) is 0 Å². The van der Waals surface area contributed by atoms with Crippen molar-refractivity contribution < 1.29 is 13.2 Å². The molecule has 0 bridgehead atoms. The standard InChI is InChI=1S/C9H10F3N/c10-3-6-1-2-7(4-11)9(13)8(6)5-12/h1-2H,3-5,13H2. The normalized spacial score (nSPS) is 10.4. The molecule has 4 heteroatoms. The fourth-order valence-corrected chi connectivity index (χ4v) is 1.16. The van der Waals surface area contributed by atoms with Crippen molar-refractivity contribution in [3.05, 3.63) is 28.8 Å². The van der Waals surface area contributed by atoms with Crippen LogP contribution in [0.5, 0.6) is 0 Å². The number of rotatable bonds is 3. The van der Waals surface area contributed by atoms with Crippen molar-refractivity contribution >= 4 is 5.69 Å². The van der Waals surface area contributed by atoms with Crippen molar-refractivity contribution in [1.29, 1.82) is 0 Å². The Balaban J connectivity index is 3.23. The predicted molar refractivity (Wildman–Crippen MR) is 45.3 cm³/mol. The lowest BCUT2D eigenvalue weighted by molar-refractivity contribution is 0.452. The van der Waals surface area contributed by atoms with Crippen LogP contribution < -0.4 is 5.73 Å². The summed E-state index contributed by atoms with van der Waals surface area (Å²) >= 11 is 0. The van der Waals surface area contributed by atoms with E-state index in [9.17, 15) is 13.2 Å². The highest BCUT2D eigenvalue weighted by atomic mass is 19.1. The minimum absolute atomic E-state index is 0.0279. The summed E-state index contributed by atoms with van der Waals surface area (Å²) in [5.41, 5.74) is 5.93. The highest BCUT2D eigenvalue weighted by molar-refractivity contribution is 5.56. The van der Waals surface area contributed by atoms with Gasteiger partial charge in [0.25, 0.3) is 0 Å². The van der Waals surface area contributed by atoms with E-state index in [1.165, 1.54) is 12.1 Å². The van der Waals surface area contributed by atoms with E-state index in [0.29, 0.717) is 0 Å². The lowest BCUT2D eigenvalue weighted by Crippen LogP contribution is -2.01. The number of alkyl halides is 3. The minimum atomic E-state index is -0.862. The third kappa shape index (κ3) is 1.76. The van der Waals surface area contributed by atoms with Gasteiger partial charge in [0.1, 0.15) is 20.0 Å². The quantitative estimate of drug-likeness (QED) is 0.727. The van der Waals surface area contributed by atoms with Crippen molar-refractivity contribution in [1.82, 2.24) is 0 Å². The first-order valence-corrected chi connectivity index (χ1v) is 3.81. The lowest BCUT2D eigenvalue weighted by atomic mass is 10.0. The van der Waals surface area contributed by atoms with E-state index in [2.05, 4.69) is 0 Å². The number of hydrogen-bond donors (Lipinski definition) is 1. The molecule has 0 saturated carbocycles. The van der Waals surface area contributed by atoms with Gasteiger partial charge in [-0.1, -0.05) is 12.1 Å². The Morgan fingerprint density at radius 3 is 1.92 bits per heavy atom. The molecule has 0 aromatic heterocycles. The van der Waals surface area contributed by atoms with Gasteiger partial charge in [-0.25, -0.2) is 13.2 Å². The molecule has 13 heavy (non-hydrogen) atoms. The molecule has 1 nitrogen and oxygen atoms in total. The smallest absolute Gasteiger partial charge is 0.117 e. The molecule has 0 spiro atoms. The minimum Gasteiger partial charge on any atom is -0.398 e. The molecule has 0 aliphatic rings. The van der Waals surface area contributed by atoms with Gasteiger partial charge in [0, 0.05) is 16.8 Å². The van der Waals surface area contributed by atoms with Gasteiger partial charge in [0.2, 0.25) is 0 Å². The van der Waals surface area contributed by atoms with Gasteiger partial charge in [-0.15, -0.1) is 0 Å². The monoisotopic (exact) mass is 189 g/mol. The summed E-state index contributed by atoms with van der Waals surface area (Å²) in [6.45, 7) is -2.40. The zero-order chi connectivity index (χ0) is 9.84.